The van der Waals surface area contributed by atoms with Crippen LogP contribution in [0.5, 0.6) is 0 Å². The molecule has 0 atom stereocenters. The van der Waals surface area contributed by atoms with Gasteiger partial charge in [-0.05, 0) is 115 Å². The Bertz CT molecular complexity index is 4340. The first-order valence-corrected chi connectivity index (χ1v) is 22.9. The molecule has 0 aliphatic heterocycles. The molecule has 0 spiro atoms. The highest BCUT2D eigenvalue weighted by Crippen LogP contribution is 2.46. The lowest BCUT2D eigenvalue weighted by Crippen LogP contribution is -2.01. The van der Waals surface area contributed by atoms with E-state index in [9.17, 15) is 0 Å². The van der Waals surface area contributed by atoms with E-state index in [4.69, 9.17) is 23.8 Å². The predicted molar refractivity (Wildman–Crippen MR) is 280 cm³/mol. The molecule has 0 fully saturated rings. The Labute approximate surface area is 390 Å². The van der Waals surface area contributed by atoms with Crippen LogP contribution in [0, 0.1) is 0 Å². The minimum Gasteiger partial charge on any atom is -0.456 e. The Kier molecular flexibility index (Phi) is 8.52. The first-order chi connectivity index (χ1) is 33.7. The molecule has 0 saturated carbocycles. The molecule has 0 aliphatic rings. The lowest BCUT2D eigenvalue weighted by molar-refractivity contribution is 0.669. The number of hydrogen-bond acceptors (Lipinski definition) is 5. The van der Waals surface area contributed by atoms with Crippen LogP contribution in [-0.4, -0.2) is 15.0 Å². The third-order valence-corrected chi connectivity index (χ3v) is 13.5. The maximum atomic E-state index is 7.01. The zero-order valence-corrected chi connectivity index (χ0v) is 36.5. The molecule has 3 aromatic heterocycles. The minimum absolute atomic E-state index is 0.569. The van der Waals surface area contributed by atoms with Gasteiger partial charge < -0.3 is 8.83 Å². The van der Waals surface area contributed by atoms with Crippen molar-refractivity contribution < 1.29 is 8.83 Å². The van der Waals surface area contributed by atoms with Gasteiger partial charge in [0, 0.05) is 43.8 Å². The normalized spacial score (nSPS) is 11.8. The molecule has 14 aromatic rings. The summed E-state index contributed by atoms with van der Waals surface area (Å²) in [4.78, 5) is 15.7. The highest BCUT2D eigenvalue weighted by atomic mass is 16.3. The number of rotatable bonds is 6. The van der Waals surface area contributed by atoms with Crippen LogP contribution in [0.4, 0.5) is 0 Å². The minimum atomic E-state index is 0.569. The fraction of sp³-hybridized carbons (Fsp3) is 0. The van der Waals surface area contributed by atoms with Crippen LogP contribution in [-0.2, 0) is 0 Å². The third-order valence-electron chi connectivity index (χ3n) is 13.5. The highest BCUT2D eigenvalue weighted by Gasteiger charge is 2.22. The molecule has 0 amide bonds. The van der Waals surface area contributed by atoms with Gasteiger partial charge in [-0.15, -0.1) is 0 Å². The van der Waals surface area contributed by atoms with Crippen LogP contribution in [0.3, 0.4) is 0 Å². The molecule has 0 saturated heterocycles. The summed E-state index contributed by atoms with van der Waals surface area (Å²) in [5.41, 5.74) is 12.7. The molecule has 316 valence electrons. The smallest absolute Gasteiger partial charge is 0.164 e. The molecule has 3 heterocycles. The second-order valence-corrected chi connectivity index (χ2v) is 17.5. The van der Waals surface area contributed by atoms with Gasteiger partial charge in [-0.25, -0.2) is 15.0 Å². The molecule has 0 unspecified atom stereocenters. The average molecular weight is 868 g/mol. The van der Waals surface area contributed by atoms with Gasteiger partial charge in [-0.1, -0.05) is 170 Å². The van der Waals surface area contributed by atoms with Crippen molar-refractivity contribution in [2.75, 3.05) is 0 Å². The fourth-order valence-corrected chi connectivity index (χ4v) is 10.2. The summed E-state index contributed by atoms with van der Waals surface area (Å²) in [6, 6.07) is 78.8. The lowest BCUT2D eigenvalue weighted by atomic mass is 9.89. The van der Waals surface area contributed by atoms with Crippen molar-refractivity contribution in [3.8, 4) is 67.5 Å². The summed E-state index contributed by atoms with van der Waals surface area (Å²) >= 11 is 0. The number of para-hydroxylation sites is 1. The summed E-state index contributed by atoms with van der Waals surface area (Å²) in [6.07, 6.45) is 0. The SMILES string of the molecule is c1ccc(-c2cccc(-c3ccc(-c4ccc(-c5nc(-c6ccc7ccccc7c6)nc(-c6ccc7c(c6)oc6ccccc67)n5)c5ccccc45)c4c3oc3cc5ccccc5cc34)c2)cc1. The van der Waals surface area contributed by atoms with E-state index in [-0.39, 0.29) is 0 Å². The number of aromatic nitrogens is 3. The Hall–Kier alpha value is -9.19. The molecule has 68 heavy (non-hydrogen) atoms. The number of furan rings is 2. The quantitative estimate of drug-likeness (QED) is 0.167. The summed E-state index contributed by atoms with van der Waals surface area (Å²) in [5.74, 6) is 1.75. The Morgan fingerprint density at radius 2 is 0.809 bits per heavy atom. The van der Waals surface area contributed by atoms with E-state index in [1.54, 1.807) is 0 Å². The summed E-state index contributed by atoms with van der Waals surface area (Å²) < 4.78 is 13.4. The van der Waals surface area contributed by atoms with E-state index in [0.29, 0.717) is 17.5 Å². The van der Waals surface area contributed by atoms with Crippen LogP contribution >= 0.6 is 0 Å². The van der Waals surface area contributed by atoms with Gasteiger partial charge >= 0.3 is 0 Å². The average Bonchev–Trinajstić information content (AvgIpc) is 3.97. The summed E-state index contributed by atoms with van der Waals surface area (Å²) in [7, 11) is 0. The van der Waals surface area contributed by atoms with Crippen LogP contribution < -0.4 is 0 Å². The van der Waals surface area contributed by atoms with Crippen molar-refractivity contribution in [1.82, 2.24) is 15.0 Å². The van der Waals surface area contributed by atoms with Gasteiger partial charge in [0.25, 0.3) is 0 Å². The fourth-order valence-electron chi connectivity index (χ4n) is 10.2. The number of fused-ring (bicyclic) bond motifs is 9. The van der Waals surface area contributed by atoms with Crippen molar-refractivity contribution in [3.63, 3.8) is 0 Å². The van der Waals surface area contributed by atoms with E-state index in [1.807, 2.05) is 24.3 Å². The van der Waals surface area contributed by atoms with E-state index in [2.05, 4.69) is 200 Å². The monoisotopic (exact) mass is 867 g/mol. The molecular formula is C63H37N3O2. The second kappa shape index (κ2) is 15.2. The van der Waals surface area contributed by atoms with E-state index in [1.165, 1.54) is 5.56 Å². The van der Waals surface area contributed by atoms with Crippen LogP contribution in [0.15, 0.2) is 233 Å². The molecule has 5 nitrogen and oxygen atoms in total. The maximum absolute atomic E-state index is 7.01. The van der Waals surface area contributed by atoms with E-state index in [0.717, 1.165) is 121 Å². The standard InChI is InChI=1S/C63H37N3O2/c1-2-13-38(14-3-1)41-19-12-20-44(33-41)47-29-31-53(59-55-35-42-17-6-7-18-43(42)36-58(55)68-60(47)59)50-30-32-54(49-22-9-8-21-48(49)50)63-65-61(45-26-25-39-15-4-5-16-40(39)34-45)64-62(66-63)46-27-28-52-51-23-10-11-24-56(51)67-57(52)37-46/h1-37H. The van der Waals surface area contributed by atoms with Gasteiger partial charge in [-0.2, -0.15) is 0 Å². The lowest BCUT2D eigenvalue weighted by Gasteiger charge is -2.15. The van der Waals surface area contributed by atoms with Gasteiger partial charge in [0.2, 0.25) is 0 Å². The number of nitrogens with zero attached hydrogens (tertiary/aromatic N) is 3. The van der Waals surface area contributed by atoms with Crippen molar-refractivity contribution in [3.05, 3.63) is 224 Å². The van der Waals surface area contributed by atoms with Crippen LogP contribution in [0.25, 0.3) is 144 Å². The van der Waals surface area contributed by atoms with E-state index >= 15 is 0 Å². The first kappa shape index (κ1) is 38.1. The van der Waals surface area contributed by atoms with Crippen molar-refractivity contribution in [1.29, 1.82) is 0 Å². The van der Waals surface area contributed by atoms with Gasteiger partial charge in [-0.3, -0.25) is 0 Å². The van der Waals surface area contributed by atoms with Gasteiger partial charge in [0.1, 0.15) is 22.3 Å². The zero-order chi connectivity index (χ0) is 44.7. The molecule has 0 radical (unpaired) electrons. The molecule has 11 aromatic carbocycles. The Morgan fingerprint density at radius 1 is 0.250 bits per heavy atom. The van der Waals surface area contributed by atoms with Gasteiger partial charge in [0.05, 0.1) is 0 Å². The highest BCUT2D eigenvalue weighted by molar-refractivity contribution is 6.21. The molecule has 14 rings (SSSR count). The third kappa shape index (κ3) is 6.21. The second-order valence-electron chi connectivity index (χ2n) is 17.5. The summed E-state index contributed by atoms with van der Waals surface area (Å²) in [5, 5.41) is 11.0. The Balaban J connectivity index is 0.976. The maximum Gasteiger partial charge on any atom is 0.164 e. The largest absolute Gasteiger partial charge is 0.456 e. The molecular weight excluding hydrogens is 831 g/mol. The topological polar surface area (TPSA) is 65.0 Å². The van der Waals surface area contributed by atoms with Crippen LogP contribution in [0.1, 0.15) is 0 Å². The molecule has 0 N–H and O–H groups in total. The molecule has 0 aliphatic carbocycles. The molecule has 5 heteroatoms. The summed E-state index contributed by atoms with van der Waals surface area (Å²) in [6.45, 7) is 0. The van der Waals surface area contributed by atoms with Crippen molar-refractivity contribution in [2.45, 2.75) is 0 Å². The number of hydrogen-bond donors (Lipinski definition) is 0. The van der Waals surface area contributed by atoms with E-state index < -0.39 is 0 Å². The molecule has 0 bridgehead atoms. The number of benzene rings is 11. The Morgan fingerprint density at radius 3 is 1.63 bits per heavy atom. The van der Waals surface area contributed by atoms with Crippen molar-refractivity contribution >= 4 is 76.2 Å². The predicted octanol–water partition coefficient (Wildman–Crippen LogP) is 17.1. The van der Waals surface area contributed by atoms with Crippen LogP contribution in [0.2, 0.25) is 0 Å². The zero-order valence-electron chi connectivity index (χ0n) is 36.5. The van der Waals surface area contributed by atoms with Gasteiger partial charge in [0.15, 0.2) is 17.5 Å². The first-order valence-electron chi connectivity index (χ1n) is 22.9. The van der Waals surface area contributed by atoms with Crippen molar-refractivity contribution in [2.24, 2.45) is 0 Å².